The van der Waals surface area contributed by atoms with Crippen LogP contribution in [0.1, 0.15) is 12.5 Å². The molecule has 9 heteroatoms. The van der Waals surface area contributed by atoms with Gasteiger partial charge >= 0.3 is 0 Å². The highest BCUT2D eigenvalue weighted by Crippen LogP contribution is 2.34. The first kappa shape index (κ1) is 19.8. The molecule has 1 amide bonds. The summed E-state index contributed by atoms with van der Waals surface area (Å²) in [6.45, 7) is 1.96. The Morgan fingerprint density at radius 3 is 2.48 bits per heavy atom. The summed E-state index contributed by atoms with van der Waals surface area (Å²) in [6, 6.07) is 12.1. The molecule has 0 unspecified atom stereocenters. The van der Waals surface area contributed by atoms with Gasteiger partial charge in [0.15, 0.2) is 5.17 Å². The van der Waals surface area contributed by atoms with Gasteiger partial charge in [0.25, 0.3) is 15.9 Å². The Kier molecular flexibility index (Phi) is 5.83. The van der Waals surface area contributed by atoms with Crippen LogP contribution in [-0.2, 0) is 14.8 Å². The maximum absolute atomic E-state index is 13.9. The number of carbonyl (C=O) groups excluding carboxylic acids is 1. The molecule has 1 aliphatic heterocycles. The minimum Gasteiger partial charge on any atom is -0.286 e. The van der Waals surface area contributed by atoms with Crippen molar-refractivity contribution >= 4 is 54.9 Å². The minimum absolute atomic E-state index is 0.0221. The zero-order valence-corrected chi connectivity index (χ0v) is 17.3. The van der Waals surface area contributed by atoms with Crippen molar-refractivity contribution in [1.29, 1.82) is 0 Å². The predicted octanol–water partition coefficient (Wildman–Crippen LogP) is 4.27. The summed E-state index contributed by atoms with van der Waals surface area (Å²) < 4.78 is 43.5. The number of likely N-dealkylation sites (N-methyl/N-ethyl adjacent to an activating group) is 1. The number of hydrogen-bond acceptors (Lipinski definition) is 4. The van der Waals surface area contributed by atoms with Gasteiger partial charge in [-0.15, -0.1) is 4.40 Å². The van der Waals surface area contributed by atoms with Crippen molar-refractivity contribution in [2.75, 3.05) is 6.54 Å². The topological polar surface area (TPSA) is 66.8 Å². The summed E-state index contributed by atoms with van der Waals surface area (Å²) >= 11 is 4.16. The van der Waals surface area contributed by atoms with Gasteiger partial charge in [-0.1, -0.05) is 34.1 Å². The number of amides is 1. The molecular weight excluding hydrogens is 455 g/mol. The third-order valence-electron chi connectivity index (χ3n) is 3.71. The molecule has 0 aliphatic carbocycles. The highest BCUT2D eigenvalue weighted by atomic mass is 79.9. The molecular formula is C18H14BrFN2O3S2. The van der Waals surface area contributed by atoms with Gasteiger partial charge in [0.05, 0.1) is 9.80 Å². The van der Waals surface area contributed by atoms with Crippen molar-refractivity contribution in [3.05, 3.63) is 69.3 Å². The lowest BCUT2D eigenvalue weighted by Gasteiger charge is -2.11. The van der Waals surface area contributed by atoms with Gasteiger partial charge in [0.1, 0.15) is 5.82 Å². The number of thioether (sulfide) groups is 1. The Hall–Kier alpha value is -1.97. The predicted molar refractivity (Wildman–Crippen MR) is 108 cm³/mol. The van der Waals surface area contributed by atoms with Gasteiger partial charge in [-0.2, -0.15) is 8.42 Å². The molecule has 2 aromatic carbocycles. The molecule has 0 atom stereocenters. The Morgan fingerprint density at radius 1 is 1.19 bits per heavy atom. The largest absolute Gasteiger partial charge is 0.286 e. The summed E-state index contributed by atoms with van der Waals surface area (Å²) in [5, 5.41) is 0.0491. The lowest BCUT2D eigenvalue weighted by molar-refractivity contribution is -0.122. The van der Waals surface area contributed by atoms with E-state index in [1.165, 1.54) is 29.2 Å². The number of sulfonamides is 1. The molecule has 3 rings (SSSR count). The van der Waals surface area contributed by atoms with Crippen LogP contribution in [0.5, 0.6) is 0 Å². The molecule has 1 aliphatic rings. The van der Waals surface area contributed by atoms with E-state index in [2.05, 4.69) is 20.3 Å². The van der Waals surface area contributed by atoms with Crippen molar-refractivity contribution in [2.45, 2.75) is 11.8 Å². The summed E-state index contributed by atoms with van der Waals surface area (Å²) in [7, 11) is -3.98. The number of amidine groups is 1. The fourth-order valence-electron chi connectivity index (χ4n) is 2.35. The van der Waals surface area contributed by atoms with Crippen LogP contribution in [0, 0.1) is 5.82 Å². The fraction of sp³-hybridized carbons (Fsp3) is 0.111. The summed E-state index contributed by atoms with van der Waals surface area (Å²) in [4.78, 5) is 14.1. The molecule has 0 radical (unpaired) electrons. The highest BCUT2D eigenvalue weighted by molar-refractivity contribution is 9.10. The first-order valence-corrected chi connectivity index (χ1v) is 10.9. The van der Waals surface area contributed by atoms with Crippen LogP contribution in [0.15, 0.2) is 67.2 Å². The third kappa shape index (κ3) is 4.31. The maximum Gasteiger partial charge on any atom is 0.284 e. The number of benzene rings is 2. The highest BCUT2D eigenvalue weighted by Gasteiger charge is 2.34. The van der Waals surface area contributed by atoms with E-state index in [0.29, 0.717) is 0 Å². The van der Waals surface area contributed by atoms with Crippen molar-refractivity contribution in [3.8, 4) is 0 Å². The third-order valence-corrected chi connectivity index (χ3v) is 6.64. The molecule has 0 N–H and O–H groups in total. The molecule has 0 spiro atoms. The molecule has 0 aromatic heterocycles. The summed E-state index contributed by atoms with van der Waals surface area (Å²) in [5.41, 5.74) is 0.251. The normalized spacial score (nSPS) is 17.9. The van der Waals surface area contributed by atoms with E-state index in [9.17, 15) is 17.6 Å². The molecule has 1 heterocycles. The lowest BCUT2D eigenvalue weighted by atomic mass is 10.2. The van der Waals surface area contributed by atoms with E-state index in [1.807, 2.05) is 0 Å². The standard InChI is InChI=1S/C18H14BrFN2O3S2/c1-2-22-17(23)16(11-12-5-3-4-6-15(12)20)26-18(22)21-27(24,25)14-9-7-13(19)8-10-14/h3-11H,2H2,1H3. The Morgan fingerprint density at radius 2 is 1.85 bits per heavy atom. The fourth-order valence-corrected chi connectivity index (χ4v) is 4.85. The van der Waals surface area contributed by atoms with E-state index < -0.39 is 21.7 Å². The van der Waals surface area contributed by atoms with Crippen LogP contribution in [0.3, 0.4) is 0 Å². The Labute approximate surface area is 169 Å². The van der Waals surface area contributed by atoms with Crippen LogP contribution >= 0.6 is 27.7 Å². The Bertz CT molecular complexity index is 1050. The van der Waals surface area contributed by atoms with Crippen molar-refractivity contribution in [1.82, 2.24) is 4.90 Å². The summed E-state index contributed by atoms with van der Waals surface area (Å²) in [6.07, 6.45) is 1.40. The second-order valence-corrected chi connectivity index (χ2v) is 9.01. The monoisotopic (exact) mass is 468 g/mol. The average Bonchev–Trinajstić information content (AvgIpc) is 2.91. The van der Waals surface area contributed by atoms with Gasteiger partial charge in [-0.25, -0.2) is 4.39 Å². The molecule has 0 bridgehead atoms. The number of nitrogens with zero attached hydrogens (tertiary/aromatic N) is 2. The van der Waals surface area contributed by atoms with E-state index in [4.69, 9.17) is 0 Å². The molecule has 2 aromatic rings. The second kappa shape index (κ2) is 7.95. The van der Waals surface area contributed by atoms with Crippen LogP contribution in [-0.4, -0.2) is 30.9 Å². The lowest BCUT2D eigenvalue weighted by Crippen LogP contribution is -2.29. The molecule has 0 saturated carbocycles. The molecule has 27 heavy (non-hydrogen) atoms. The zero-order valence-electron chi connectivity index (χ0n) is 14.1. The summed E-state index contributed by atoms with van der Waals surface area (Å²) in [5.74, 6) is -0.871. The van der Waals surface area contributed by atoms with Crippen molar-refractivity contribution in [3.63, 3.8) is 0 Å². The second-order valence-electron chi connectivity index (χ2n) is 5.48. The number of hydrogen-bond donors (Lipinski definition) is 0. The van der Waals surface area contributed by atoms with E-state index in [-0.39, 0.29) is 27.1 Å². The van der Waals surface area contributed by atoms with Crippen LogP contribution in [0.25, 0.3) is 6.08 Å². The molecule has 140 valence electrons. The van der Waals surface area contributed by atoms with Crippen LogP contribution < -0.4 is 0 Å². The van der Waals surface area contributed by atoms with Gasteiger partial charge < -0.3 is 0 Å². The Balaban J connectivity index is 1.98. The SMILES string of the molecule is CCN1C(=O)C(=Cc2ccccc2F)SC1=NS(=O)(=O)c1ccc(Br)cc1. The first-order chi connectivity index (χ1) is 12.8. The van der Waals surface area contributed by atoms with Gasteiger partial charge in [0.2, 0.25) is 0 Å². The molecule has 5 nitrogen and oxygen atoms in total. The number of carbonyl (C=O) groups is 1. The molecule has 1 fully saturated rings. The van der Waals surface area contributed by atoms with Crippen LogP contribution in [0.2, 0.25) is 0 Å². The van der Waals surface area contributed by atoms with Gasteiger partial charge in [-0.05, 0) is 55.1 Å². The zero-order chi connectivity index (χ0) is 19.6. The van der Waals surface area contributed by atoms with Crippen molar-refractivity contribution in [2.24, 2.45) is 4.40 Å². The average molecular weight is 469 g/mol. The van der Waals surface area contributed by atoms with E-state index in [1.54, 1.807) is 37.3 Å². The van der Waals surface area contributed by atoms with Crippen molar-refractivity contribution < 1.29 is 17.6 Å². The van der Waals surface area contributed by atoms with Gasteiger partial charge in [-0.3, -0.25) is 9.69 Å². The van der Waals surface area contributed by atoms with E-state index >= 15 is 0 Å². The van der Waals surface area contributed by atoms with Crippen LogP contribution in [0.4, 0.5) is 4.39 Å². The number of halogens is 2. The smallest absolute Gasteiger partial charge is 0.284 e. The van der Waals surface area contributed by atoms with Gasteiger partial charge in [0, 0.05) is 16.6 Å². The number of rotatable bonds is 4. The first-order valence-electron chi connectivity index (χ1n) is 7.88. The van der Waals surface area contributed by atoms with E-state index in [0.717, 1.165) is 16.2 Å². The quantitative estimate of drug-likeness (QED) is 0.628. The molecule has 1 saturated heterocycles. The maximum atomic E-state index is 13.9. The minimum atomic E-state index is -3.98.